The van der Waals surface area contributed by atoms with Crippen LogP contribution in [0, 0.1) is 5.82 Å². The van der Waals surface area contributed by atoms with Gasteiger partial charge in [0.1, 0.15) is 11.6 Å². The lowest BCUT2D eigenvalue weighted by Crippen LogP contribution is -2.34. The fourth-order valence-electron chi connectivity index (χ4n) is 3.64. The standard InChI is InChI=1S/C27H26FN3O2/c1-33-26-11-5-9-24(17-26)29-27(32)31(19-21-7-3-2-4-8-21)20-25-10-6-16-30(25)18-22-12-14-23(28)15-13-22/h2-17H,18-20H2,1H3,(H,29,32). The summed E-state index contributed by atoms with van der Waals surface area (Å²) in [5, 5.41) is 2.98. The van der Waals surface area contributed by atoms with E-state index in [2.05, 4.69) is 9.88 Å². The van der Waals surface area contributed by atoms with Crippen LogP contribution in [0.4, 0.5) is 14.9 Å². The van der Waals surface area contributed by atoms with Crippen molar-refractivity contribution in [2.75, 3.05) is 12.4 Å². The second kappa shape index (κ2) is 10.5. The van der Waals surface area contributed by atoms with Crippen molar-refractivity contribution in [2.24, 2.45) is 0 Å². The molecule has 1 heterocycles. The molecular weight excluding hydrogens is 417 g/mol. The van der Waals surface area contributed by atoms with Gasteiger partial charge in [-0.25, -0.2) is 9.18 Å². The van der Waals surface area contributed by atoms with Gasteiger partial charge in [-0.2, -0.15) is 0 Å². The van der Waals surface area contributed by atoms with Gasteiger partial charge in [0.2, 0.25) is 0 Å². The maximum Gasteiger partial charge on any atom is 0.322 e. The second-order valence-corrected chi connectivity index (χ2v) is 7.76. The van der Waals surface area contributed by atoms with E-state index in [1.165, 1.54) is 12.1 Å². The Morgan fingerprint density at radius 3 is 2.45 bits per heavy atom. The highest BCUT2D eigenvalue weighted by atomic mass is 19.1. The zero-order valence-electron chi connectivity index (χ0n) is 18.4. The van der Waals surface area contributed by atoms with Gasteiger partial charge in [-0.1, -0.05) is 48.5 Å². The molecule has 1 N–H and O–H groups in total. The summed E-state index contributed by atoms with van der Waals surface area (Å²) in [6.07, 6.45) is 1.97. The van der Waals surface area contributed by atoms with E-state index in [1.54, 1.807) is 30.2 Å². The second-order valence-electron chi connectivity index (χ2n) is 7.76. The fourth-order valence-corrected chi connectivity index (χ4v) is 3.64. The molecule has 0 saturated carbocycles. The normalized spacial score (nSPS) is 10.6. The zero-order chi connectivity index (χ0) is 23.0. The number of carbonyl (C=O) groups excluding carboxylic acids is 1. The van der Waals surface area contributed by atoms with Gasteiger partial charge in [-0.3, -0.25) is 0 Å². The molecule has 0 atom stereocenters. The van der Waals surface area contributed by atoms with Gasteiger partial charge in [0.15, 0.2) is 0 Å². The van der Waals surface area contributed by atoms with Gasteiger partial charge in [-0.15, -0.1) is 0 Å². The molecule has 0 spiro atoms. The number of carbonyl (C=O) groups is 1. The number of halogens is 1. The first-order valence-electron chi connectivity index (χ1n) is 10.7. The Balaban J connectivity index is 1.54. The highest BCUT2D eigenvalue weighted by molar-refractivity contribution is 5.89. The molecule has 0 fully saturated rings. The van der Waals surface area contributed by atoms with Crippen molar-refractivity contribution in [2.45, 2.75) is 19.6 Å². The number of amides is 2. The van der Waals surface area contributed by atoms with Crippen LogP contribution in [0.1, 0.15) is 16.8 Å². The summed E-state index contributed by atoms with van der Waals surface area (Å²) in [6.45, 7) is 1.47. The van der Waals surface area contributed by atoms with Crippen molar-refractivity contribution >= 4 is 11.7 Å². The molecule has 0 aliphatic rings. The molecule has 168 valence electrons. The van der Waals surface area contributed by atoms with Crippen LogP contribution in [-0.2, 0) is 19.6 Å². The monoisotopic (exact) mass is 443 g/mol. The first-order chi connectivity index (χ1) is 16.1. The van der Waals surface area contributed by atoms with Gasteiger partial charge < -0.3 is 19.5 Å². The maximum absolute atomic E-state index is 13.3. The molecule has 2 amide bonds. The van der Waals surface area contributed by atoms with Crippen molar-refractivity contribution in [3.05, 3.63) is 120 Å². The highest BCUT2D eigenvalue weighted by Gasteiger charge is 2.17. The first kappa shape index (κ1) is 22.1. The summed E-state index contributed by atoms with van der Waals surface area (Å²) in [6, 6.07) is 27.4. The van der Waals surface area contributed by atoms with Crippen LogP contribution < -0.4 is 10.1 Å². The number of anilines is 1. The largest absolute Gasteiger partial charge is 0.497 e. The first-order valence-corrected chi connectivity index (χ1v) is 10.7. The lowest BCUT2D eigenvalue weighted by atomic mass is 10.2. The number of urea groups is 1. The molecule has 0 aliphatic carbocycles. The minimum atomic E-state index is -0.255. The summed E-state index contributed by atoms with van der Waals surface area (Å²) in [4.78, 5) is 15.0. The lowest BCUT2D eigenvalue weighted by molar-refractivity contribution is 0.205. The van der Waals surface area contributed by atoms with Gasteiger partial charge in [0.05, 0.1) is 13.7 Å². The molecule has 1 aromatic heterocycles. The maximum atomic E-state index is 13.3. The number of methoxy groups -OCH3 is 1. The van der Waals surface area contributed by atoms with Crippen LogP contribution in [0.5, 0.6) is 5.75 Å². The molecule has 0 saturated heterocycles. The minimum absolute atomic E-state index is 0.207. The Kier molecular flexibility index (Phi) is 7.05. The number of aromatic nitrogens is 1. The molecule has 0 radical (unpaired) electrons. The van der Waals surface area contributed by atoms with Crippen molar-refractivity contribution < 1.29 is 13.9 Å². The number of hydrogen-bond acceptors (Lipinski definition) is 2. The summed E-state index contributed by atoms with van der Waals surface area (Å²) in [7, 11) is 1.60. The Labute approximate surface area is 193 Å². The molecule has 0 aliphatic heterocycles. The average Bonchev–Trinajstić information content (AvgIpc) is 3.27. The van der Waals surface area contributed by atoms with Gasteiger partial charge >= 0.3 is 6.03 Å². The van der Waals surface area contributed by atoms with Crippen molar-refractivity contribution in [3.63, 3.8) is 0 Å². The van der Waals surface area contributed by atoms with Crippen molar-refractivity contribution in [1.82, 2.24) is 9.47 Å². The van der Waals surface area contributed by atoms with E-state index in [4.69, 9.17) is 4.74 Å². The highest BCUT2D eigenvalue weighted by Crippen LogP contribution is 2.19. The topological polar surface area (TPSA) is 46.5 Å². The number of ether oxygens (including phenoxy) is 1. The Bertz CT molecular complexity index is 1190. The predicted molar refractivity (Wildman–Crippen MR) is 128 cm³/mol. The average molecular weight is 444 g/mol. The van der Waals surface area contributed by atoms with E-state index < -0.39 is 0 Å². The molecule has 6 heteroatoms. The van der Waals surface area contributed by atoms with Gasteiger partial charge in [0, 0.05) is 36.7 Å². The van der Waals surface area contributed by atoms with Gasteiger partial charge in [-0.05, 0) is 47.5 Å². The smallest absolute Gasteiger partial charge is 0.322 e. The van der Waals surface area contributed by atoms with Crippen molar-refractivity contribution in [1.29, 1.82) is 0 Å². The molecule has 0 unspecified atom stereocenters. The molecule has 4 aromatic rings. The van der Waals surface area contributed by atoms with E-state index >= 15 is 0 Å². The summed E-state index contributed by atoms with van der Waals surface area (Å²) in [5.41, 5.74) is 3.68. The quantitative estimate of drug-likeness (QED) is 0.368. The Morgan fingerprint density at radius 2 is 1.70 bits per heavy atom. The summed E-state index contributed by atoms with van der Waals surface area (Å²) < 4.78 is 20.6. The molecular formula is C27H26FN3O2. The number of rotatable bonds is 8. The summed E-state index contributed by atoms with van der Waals surface area (Å²) >= 11 is 0. The van der Waals surface area contributed by atoms with E-state index in [-0.39, 0.29) is 11.8 Å². The number of nitrogens with one attached hydrogen (secondary N) is 1. The Hall–Kier alpha value is -4.06. The third-order valence-corrected chi connectivity index (χ3v) is 5.37. The van der Waals surface area contributed by atoms with E-state index in [0.29, 0.717) is 31.1 Å². The zero-order valence-corrected chi connectivity index (χ0v) is 18.4. The summed E-state index contributed by atoms with van der Waals surface area (Å²) in [5.74, 6) is 0.422. The van der Waals surface area contributed by atoms with E-state index in [1.807, 2.05) is 66.9 Å². The van der Waals surface area contributed by atoms with E-state index in [9.17, 15) is 9.18 Å². The van der Waals surface area contributed by atoms with Crippen LogP contribution in [-0.4, -0.2) is 22.6 Å². The third-order valence-electron chi connectivity index (χ3n) is 5.37. The van der Waals surface area contributed by atoms with Gasteiger partial charge in [0.25, 0.3) is 0 Å². The molecule has 33 heavy (non-hydrogen) atoms. The number of nitrogens with zero attached hydrogens (tertiary/aromatic N) is 2. The molecule has 5 nitrogen and oxygen atoms in total. The fraction of sp³-hybridized carbons (Fsp3) is 0.148. The number of benzene rings is 3. The molecule has 3 aromatic carbocycles. The minimum Gasteiger partial charge on any atom is -0.497 e. The SMILES string of the molecule is COc1cccc(NC(=O)N(Cc2ccccc2)Cc2cccn2Cc2ccc(F)cc2)c1. The van der Waals surface area contributed by atoms with Crippen LogP contribution in [0.2, 0.25) is 0 Å². The predicted octanol–water partition coefficient (Wildman–Crippen LogP) is 5.92. The van der Waals surface area contributed by atoms with Crippen molar-refractivity contribution in [3.8, 4) is 5.75 Å². The van der Waals surface area contributed by atoms with Crippen LogP contribution in [0.3, 0.4) is 0 Å². The molecule has 4 rings (SSSR count). The molecule has 0 bridgehead atoms. The third kappa shape index (κ3) is 6.01. The Morgan fingerprint density at radius 1 is 0.909 bits per heavy atom. The van der Waals surface area contributed by atoms with Crippen LogP contribution in [0.25, 0.3) is 0 Å². The van der Waals surface area contributed by atoms with Crippen LogP contribution >= 0.6 is 0 Å². The van der Waals surface area contributed by atoms with E-state index in [0.717, 1.165) is 16.8 Å². The van der Waals surface area contributed by atoms with Crippen LogP contribution in [0.15, 0.2) is 97.2 Å². The number of hydrogen-bond donors (Lipinski definition) is 1. The lowest BCUT2D eigenvalue weighted by Gasteiger charge is -2.24.